The van der Waals surface area contributed by atoms with Crippen LogP contribution < -0.4 is 0 Å². The van der Waals surface area contributed by atoms with E-state index in [4.69, 9.17) is 4.74 Å². The zero-order valence-electron chi connectivity index (χ0n) is 15.5. The number of ether oxygens (including phenoxy) is 1. The van der Waals surface area contributed by atoms with Crippen LogP contribution in [-0.2, 0) is 11.3 Å². The molecule has 28 heavy (non-hydrogen) atoms. The Morgan fingerprint density at radius 3 is 2.57 bits per heavy atom. The van der Waals surface area contributed by atoms with Gasteiger partial charge in [0.05, 0.1) is 24.0 Å². The maximum atomic E-state index is 13.6. The molecule has 1 aromatic heterocycles. The summed E-state index contributed by atoms with van der Waals surface area (Å²) in [5.41, 5.74) is 2.57. The minimum Gasteiger partial charge on any atom is -0.370 e. The Hall–Kier alpha value is -3.12. The quantitative estimate of drug-likeness (QED) is 0.681. The Morgan fingerprint density at radius 2 is 1.86 bits per heavy atom. The lowest BCUT2D eigenvalue weighted by Gasteiger charge is -2.39. The van der Waals surface area contributed by atoms with Crippen molar-refractivity contribution >= 4 is 5.91 Å². The SMILES string of the molecule is Cc1nc(-c2ccccc2)ncc1C(=O)N1CC(OCc2ccccc2F)C1. The molecule has 0 radical (unpaired) electrons. The molecule has 142 valence electrons. The van der Waals surface area contributed by atoms with Crippen molar-refractivity contribution in [3.05, 3.63) is 83.4 Å². The molecule has 1 amide bonds. The molecule has 0 N–H and O–H groups in total. The number of hydrogen-bond donors (Lipinski definition) is 0. The zero-order valence-corrected chi connectivity index (χ0v) is 15.5. The van der Waals surface area contributed by atoms with Crippen LogP contribution in [0.4, 0.5) is 4.39 Å². The van der Waals surface area contributed by atoms with E-state index >= 15 is 0 Å². The minimum absolute atomic E-state index is 0.0895. The first-order valence-corrected chi connectivity index (χ1v) is 9.15. The van der Waals surface area contributed by atoms with E-state index in [1.54, 1.807) is 29.3 Å². The smallest absolute Gasteiger partial charge is 0.257 e. The third-order valence-electron chi connectivity index (χ3n) is 4.81. The highest BCUT2D eigenvalue weighted by Gasteiger charge is 2.33. The van der Waals surface area contributed by atoms with Gasteiger partial charge >= 0.3 is 0 Å². The molecule has 0 unspecified atom stereocenters. The summed E-state index contributed by atoms with van der Waals surface area (Å²) in [6.45, 7) is 2.97. The summed E-state index contributed by atoms with van der Waals surface area (Å²) in [6.07, 6.45) is 1.49. The molecule has 1 aliphatic rings. The van der Waals surface area contributed by atoms with Gasteiger partial charge in [0.1, 0.15) is 5.82 Å². The second kappa shape index (κ2) is 7.86. The molecule has 0 aliphatic carbocycles. The topological polar surface area (TPSA) is 55.3 Å². The van der Waals surface area contributed by atoms with Crippen molar-refractivity contribution in [2.24, 2.45) is 0 Å². The van der Waals surface area contributed by atoms with Gasteiger partial charge in [-0.15, -0.1) is 0 Å². The van der Waals surface area contributed by atoms with E-state index in [1.165, 1.54) is 6.07 Å². The maximum Gasteiger partial charge on any atom is 0.257 e. The van der Waals surface area contributed by atoms with E-state index in [-0.39, 0.29) is 24.4 Å². The summed E-state index contributed by atoms with van der Waals surface area (Å²) in [5.74, 6) is 0.216. The van der Waals surface area contributed by atoms with Crippen LogP contribution in [0, 0.1) is 12.7 Å². The number of benzene rings is 2. The predicted molar refractivity (Wildman–Crippen MR) is 103 cm³/mol. The number of rotatable bonds is 5. The van der Waals surface area contributed by atoms with Gasteiger partial charge in [0.15, 0.2) is 5.82 Å². The van der Waals surface area contributed by atoms with Crippen molar-refractivity contribution in [2.75, 3.05) is 13.1 Å². The monoisotopic (exact) mass is 377 g/mol. The number of aryl methyl sites for hydroxylation is 1. The van der Waals surface area contributed by atoms with Gasteiger partial charge in [-0.2, -0.15) is 0 Å². The van der Waals surface area contributed by atoms with E-state index in [0.29, 0.717) is 35.7 Å². The lowest BCUT2D eigenvalue weighted by Crippen LogP contribution is -2.54. The second-order valence-electron chi connectivity index (χ2n) is 6.79. The van der Waals surface area contributed by atoms with Gasteiger partial charge in [0, 0.05) is 30.4 Å². The normalized spacial score (nSPS) is 14.0. The van der Waals surface area contributed by atoms with Gasteiger partial charge in [-0.25, -0.2) is 14.4 Å². The molecule has 3 aromatic rings. The van der Waals surface area contributed by atoms with Crippen LogP contribution in [0.1, 0.15) is 21.6 Å². The standard InChI is InChI=1S/C22H20FN3O2/c1-15-19(11-24-21(25-15)16-7-3-2-4-8-16)22(27)26-12-18(13-26)28-14-17-9-5-6-10-20(17)23/h2-11,18H,12-14H2,1H3. The van der Waals surface area contributed by atoms with Gasteiger partial charge in [-0.05, 0) is 13.0 Å². The third-order valence-corrected chi connectivity index (χ3v) is 4.81. The summed E-state index contributed by atoms with van der Waals surface area (Å²) in [4.78, 5) is 23.2. The lowest BCUT2D eigenvalue weighted by molar-refractivity contribution is -0.0510. The fraction of sp³-hybridized carbons (Fsp3) is 0.227. The molecule has 1 fully saturated rings. The van der Waals surface area contributed by atoms with Crippen LogP contribution in [0.15, 0.2) is 60.8 Å². The summed E-state index contributed by atoms with van der Waals surface area (Å²) in [5, 5.41) is 0. The minimum atomic E-state index is -0.277. The molecule has 2 heterocycles. The van der Waals surface area contributed by atoms with E-state index in [9.17, 15) is 9.18 Å². The lowest BCUT2D eigenvalue weighted by atomic mass is 10.1. The molecular weight excluding hydrogens is 357 g/mol. The predicted octanol–water partition coefficient (Wildman–Crippen LogP) is 3.63. The summed E-state index contributed by atoms with van der Waals surface area (Å²) in [7, 11) is 0. The van der Waals surface area contributed by atoms with Crippen LogP contribution in [0.5, 0.6) is 0 Å². The maximum absolute atomic E-state index is 13.6. The van der Waals surface area contributed by atoms with Crippen LogP contribution in [0.25, 0.3) is 11.4 Å². The summed E-state index contributed by atoms with van der Waals surface area (Å²) in [6, 6.07) is 16.2. The van der Waals surface area contributed by atoms with Gasteiger partial charge < -0.3 is 9.64 Å². The van der Waals surface area contributed by atoms with E-state index in [1.807, 2.05) is 37.3 Å². The highest BCUT2D eigenvalue weighted by atomic mass is 19.1. The zero-order chi connectivity index (χ0) is 19.5. The number of carbonyl (C=O) groups excluding carboxylic acids is 1. The molecule has 1 saturated heterocycles. The van der Waals surface area contributed by atoms with Crippen LogP contribution in [-0.4, -0.2) is 40.0 Å². The largest absolute Gasteiger partial charge is 0.370 e. The van der Waals surface area contributed by atoms with Gasteiger partial charge in [0.2, 0.25) is 0 Å². The average molecular weight is 377 g/mol. The Bertz CT molecular complexity index is 988. The van der Waals surface area contributed by atoms with Crippen molar-refractivity contribution in [2.45, 2.75) is 19.6 Å². The average Bonchev–Trinajstić information content (AvgIpc) is 2.68. The molecule has 2 aromatic carbocycles. The molecule has 0 spiro atoms. The number of likely N-dealkylation sites (tertiary alicyclic amines) is 1. The molecule has 0 bridgehead atoms. The highest BCUT2D eigenvalue weighted by Crippen LogP contribution is 2.21. The van der Waals surface area contributed by atoms with Crippen molar-refractivity contribution in [1.29, 1.82) is 0 Å². The van der Waals surface area contributed by atoms with Gasteiger partial charge in [-0.1, -0.05) is 48.5 Å². The fourth-order valence-electron chi connectivity index (χ4n) is 3.11. The molecule has 0 atom stereocenters. The Morgan fingerprint density at radius 1 is 1.14 bits per heavy atom. The molecule has 5 nitrogen and oxygen atoms in total. The summed E-state index contributed by atoms with van der Waals surface area (Å²) >= 11 is 0. The van der Waals surface area contributed by atoms with E-state index in [0.717, 1.165) is 5.56 Å². The highest BCUT2D eigenvalue weighted by molar-refractivity contribution is 5.95. The van der Waals surface area contributed by atoms with E-state index in [2.05, 4.69) is 9.97 Å². The second-order valence-corrected chi connectivity index (χ2v) is 6.79. The van der Waals surface area contributed by atoms with E-state index < -0.39 is 0 Å². The number of amides is 1. The Kier molecular flexibility index (Phi) is 5.12. The fourth-order valence-corrected chi connectivity index (χ4v) is 3.11. The third kappa shape index (κ3) is 3.77. The van der Waals surface area contributed by atoms with Crippen molar-refractivity contribution in [1.82, 2.24) is 14.9 Å². The van der Waals surface area contributed by atoms with Crippen LogP contribution >= 0.6 is 0 Å². The van der Waals surface area contributed by atoms with Crippen LogP contribution in [0.2, 0.25) is 0 Å². The Balaban J connectivity index is 1.35. The van der Waals surface area contributed by atoms with Gasteiger partial charge in [-0.3, -0.25) is 4.79 Å². The van der Waals surface area contributed by atoms with Crippen LogP contribution in [0.3, 0.4) is 0 Å². The number of nitrogens with zero attached hydrogens (tertiary/aromatic N) is 3. The number of carbonyl (C=O) groups is 1. The van der Waals surface area contributed by atoms with Gasteiger partial charge in [0.25, 0.3) is 5.91 Å². The molecule has 0 saturated carbocycles. The Labute approximate surface area is 162 Å². The number of halogens is 1. The van der Waals surface area contributed by atoms with Crippen molar-refractivity contribution < 1.29 is 13.9 Å². The first kappa shape index (κ1) is 18.3. The molecule has 6 heteroatoms. The first-order valence-electron chi connectivity index (χ1n) is 9.15. The summed E-state index contributed by atoms with van der Waals surface area (Å²) < 4.78 is 19.3. The van der Waals surface area contributed by atoms with Crippen molar-refractivity contribution in [3.8, 4) is 11.4 Å². The molecule has 1 aliphatic heterocycles. The number of aromatic nitrogens is 2. The molecular formula is C22H20FN3O2. The number of hydrogen-bond acceptors (Lipinski definition) is 4. The van der Waals surface area contributed by atoms with Crippen molar-refractivity contribution in [3.63, 3.8) is 0 Å². The first-order chi connectivity index (χ1) is 13.6. The molecule has 4 rings (SSSR count).